The van der Waals surface area contributed by atoms with Gasteiger partial charge >= 0.3 is 0 Å². The molecule has 26 heavy (non-hydrogen) atoms. The van der Waals surface area contributed by atoms with Gasteiger partial charge < -0.3 is 15.0 Å². The summed E-state index contributed by atoms with van der Waals surface area (Å²) >= 11 is 0. The van der Waals surface area contributed by atoms with Crippen LogP contribution < -0.4 is 15.8 Å². The maximum Gasteiger partial charge on any atom is 0.268 e. The number of ether oxygens (including phenoxy) is 1. The molecule has 1 aromatic heterocycles. The fourth-order valence-electron chi connectivity index (χ4n) is 3.12. The van der Waals surface area contributed by atoms with Gasteiger partial charge in [-0.25, -0.2) is 4.68 Å². The highest BCUT2D eigenvalue weighted by atomic mass is 16.5. The summed E-state index contributed by atoms with van der Waals surface area (Å²) in [7, 11) is 1.59. The number of aromatic nitrogens is 2. The molecule has 2 heterocycles. The Bertz CT molecular complexity index is 834. The van der Waals surface area contributed by atoms with E-state index in [1.165, 1.54) is 4.68 Å². The number of benzene rings is 1. The molecule has 1 aliphatic rings. The van der Waals surface area contributed by atoms with Crippen molar-refractivity contribution in [2.45, 2.75) is 19.9 Å². The molecule has 0 spiro atoms. The van der Waals surface area contributed by atoms with Crippen LogP contribution in [-0.2, 0) is 16.1 Å². The normalized spacial score (nSPS) is 16.7. The number of carbonyl (C=O) groups excluding carboxylic acids is 1. The van der Waals surface area contributed by atoms with Crippen molar-refractivity contribution in [2.24, 2.45) is 5.92 Å². The summed E-state index contributed by atoms with van der Waals surface area (Å²) in [4.78, 5) is 26.7. The molecule has 0 bridgehead atoms. The molecule has 1 unspecified atom stereocenters. The van der Waals surface area contributed by atoms with E-state index in [9.17, 15) is 9.59 Å². The van der Waals surface area contributed by atoms with E-state index in [-0.39, 0.29) is 17.4 Å². The molecule has 1 aliphatic heterocycles. The monoisotopic (exact) mass is 356 g/mol. The van der Waals surface area contributed by atoms with Gasteiger partial charge in [-0.2, -0.15) is 5.10 Å². The summed E-state index contributed by atoms with van der Waals surface area (Å²) < 4.78 is 6.35. The van der Waals surface area contributed by atoms with Crippen molar-refractivity contribution in [3.8, 4) is 0 Å². The van der Waals surface area contributed by atoms with Crippen molar-refractivity contribution >= 4 is 17.3 Å². The van der Waals surface area contributed by atoms with Gasteiger partial charge in [-0.3, -0.25) is 9.59 Å². The van der Waals surface area contributed by atoms with Crippen LogP contribution in [-0.4, -0.2) is 42.5 Å². The van der Waals surface area contributed by atoms with E-state index in [4.69, 9.17) is 4.74 Å². The van der Waals surface area contributed by atoms with E-state index in [1.54, 1.807) is 19.4 Å². The number of carbonyl (C=O) groups is 1. The van der Waals surface area contributed by atoms with E-state index in [2.05, 4.69) is 10.4 Å². The minimum atomic E-state index is -0.160. The summed E-state index contributed by atoms with van der Waals surface area (Å²) in [5.74, 6) is -0.0917. The van der Waals surface area contributed by atoms with Gasteiger partial charge in [0.25, 0.3) is 5.56 Å². The van der Waals surface area contributed by atoms with Crippen LogP contribution in [0.4, 0.5) is 11.4 Å². The number of hydrogen-bond acceptors (Lipinski definition) is 5. The van der Waals surface area contributed by atoms with E-state index < -0.39 is 0 Å². The molecule has 138 valence electrons. The van der Waals surface area contributed by atoms with Crippen LogP contribution in [0.1, 0.15) is 12.0 Å². The van der Waals surface area contributed by atoms with Crippen molar-refractivity contribution in [2.75, 3.05) is 37.0 Å². The second kappa shape index (κ2) is 8.14. The predicted molar refractivity (Wildman–Crippen MR) is 101 cm³/mol. The Morgan fingerprint density at radius 1 is 1.38 bits per heavy atom. The fraction of sp³-hybridized carbons (Fsp3) is 0.421. The first-order valence-electron chi connectivity index (χ1n) is 8.75. The molecule has 1 amide bonds. The summed E-state index contributed by atoms with van der Waals surface area (Å²) in [5.41, 5.74) is 2.52. The lowest BCUT2D eigenvalue weighted by atomic mass is 10.1. The van der Waals surface area contributed by atoms with Gasteiger partial charge in [0.2, 0.25) is 5.91 Å². The second-order valence-electron chi connectivity index (χ2n) is 6.56. The van der Waals surface area contributed by atoms with E-state index >= 15 is 0 Å². The van der Waals surface area contributed by atoms with Crippen LogP contribution in [0.3, 0.4) is 0 Å². The zero-order valence-corrected chi connectivity index (χ0v) is 15.1. The summed E-state index contributed by atoms with van der Waals surface area (Å²) in [5, 5.41) is 7.17. The lowest BCUT2D eigenvalue weighted by Crippen LogP contribution is -2.29. The smallest absolute Gasteiger partial charge is 0.268 e. The van der Waals surface area contributed by atoms with Crippen LogP contribution in [0.2, 0.25) is 0 Å². The first-order chi connectivity index (χ1) is 12.6. The van der Waals surface area contributed by atoms with E-state index in [1.807, 2.05) is 36.1 Å². The molecule has 1 saturated heterocycles. The average molecular weight is 356 g/mol. The Labute approximate surface area is 152 Å². The zero-order valence-electron chi connectivity index (χ0n) is 15.1. The van der Waals surface area contributed by atoms with Crippen LogP contribution >= 0.6 is 0 Å². The van der Waals surface area contributed by atoms with Gasteiger partial charge in [-0.05, 0) is 31.0 Å². The summed E-state index contributed by atoms with van der Waals surface area (Å²) in [6.45, 7) is 4.18. The van der Waals surface area contributed by atoms with Gasteiger partial charge in [0.05, 0.1) is 31.0 Å². The van der Waals surface area contributed by atoms with Gasteiger partial charge in [0.1, 0.15) is 0 Å². The average Bonchev–Trinajstić information content (AvgIpc) is 3.11. The topological polar surface area (TPSA) is 76.5 Å². The molecule has 2 aromatic rings. The Morgan fingerprint density at radius 2 is 2.23 bits per heavy atom. The molecule has 1 N–H and O–H groups in total. The summed E-state index contributed by atoms with van der Waals surface area (Å²) in [6, 6.07) is 9.34. The van der Waals surface area contributed by atoms with E-state index in [0.717, 1.165) is 29.9 Å². The molecule has 0 radical (unpaired) electrons. The standard InChI is InChI=1S/C19H24N4O3/c1-14-4-3-5-16(10-14)21-19(25)15-6-7-22(13-15)17-11-18(24)23(20-12-17)8-9-26-2/h3-5,10-12,15H,6-9,13H2,1-2H3,(H,21,25). The maximum atomic E-state index is 12.5. The Kier molecular flexibility index (Phi) is 5.68. The number of anilines is 2. The zero-order chi connectivity index (χ0) is 18.5. The van der Waals surface area contributed by atoms with E-state index in [0.29, 0.717) is 19.7 Å². The minimum Gasteiger partial charge on any atom is -0.383 e. The number of nitrogens with one attached hydrogen (secondary N) is 1. The predicted octanol–water partition coefficient (Wildman–Crippen LogP) is 1.66. The quantitative estimate of drug-likeness (QED) is 0.852. The number of nitrogens with zero attached hydrogens (tertiary/aromatic N) is 3. The maximum absolute atomic E-state index is 12.5. The molecular weight excluding hydrogens is 332 g/mol. The molecule has 7 heteroatoms. The van der Waals surface area contributed by atoms with Crippen LogP contribution in [0.5, 0.6) is 0 Å². The lowest BCUT2D eigenvalue weighted by molar-refractivity contribution is -0.119. The fourth-order valence-corrected chi connectivity index (χ4v) is 3.12. The SMILES string of the molecule is COCCn1ncc(N2CCC(C(=O)Nc3cccc(C)c3)C2)cc1=O. The van der Waals surface area contributed by atoms with Crippen molar-refractivity contribution in [1.82, 2.24) is 9.78 Å². The third kappa shape index (κ3) is 4.29. The van der Waals surface area contributed by atoms with Gasteiger partial charge in [-0.1, -0.05) is 12.1 Å². The molecule has 1 aromatic carbocycles. The first-order valence-corrected chi connectivity index (χ1v) is 8.75. The van der Waals surface area contributed by atoms with Gasteiger partial charge in [0, 0.05) is 32.0 Å². The molecule has 1 fully saturated rings. The highest BCUT2D eigenvalue weighted by molar-refractivity contribution is 5.93. The van der Waals surface area contributed by atoms with Gasteiger partial charge in [-0.15, -0.1) is 0 Å². The van der Waals surface area contributed by atoms with Crippen molar-refractivity contribution in [3.05, 3.63) is 52.4 Å². The van der Waals surface area contributed by atoms with Crippen LogP contribution in [0, 0.1) is 12.8 Å². The summed E-state index contributed by atoms with van der Waals surface area (Å²) in [6.07, 6.45) is 2.43. The van der Waals surface area contributed by atoms with Gasteiger partial charge in [0.15, 0.2) is 0 Å². The highest BCUT2D eigenvalue weighted by Gasteiger charge is 2.29. The van der Waals surface area contributed by atoms with Crippen molar-refractivity contribution in [3.63, 3.8) is 0 Å². The third-order valence-corrected chi connectivity index (χ3v) is 4.57. The highest BCUT2D eigenvalue weighted by Crippen LogP contribution is 2.23. The number of rotatable bonds is 6. The third-order valence-electron chi connectivity index (χ3n) is 4.57. The molecule has 7 nitrogen and oxygen atoms in total. The largest absolute Gasteiger partial charge is 0.383 e. The molecular formula is C19H24N4O3. The first kappa shape index (κ1) is 18.1. The lowest BCUT2D eigenvalue weighted by Gasteiger charge is -2.18. The Morgan fingerprint density at radius 3 is 2.96 bits per heavy atom. The number of aryl methyl sites for hydroxylation is 1. The second-order valence-corrected chi connectivity index (χ2v) is 6.56. The van der Waals surface area contributed by atoms with Crippen LogP contribution in [0.25, 0.3) is 0 Å². The Balaban J connectivity index is 1.62. The van der Waals surface area contributed by atoms with Crippen molar-refractivity contribution < 1.29 is 9.53 Å². The number of hydrogen-bond donors (Lipinski definition) is 1. The molecule has 0 saturated carbocycles. The number of amides is 1. The molecule has 0 aliphatic carbocycles. The molecule has 3 rings (SSSR count). The number of methoxy groups -OCH3 is 1. The van der Waals surface area contributed by atoms with Crippen molar-refractivity contribution in [1.29, 1.82) is 0 Å². The Hall–Kier alpha value is -2.67. The molecule has 1 atom stereocenters. The van der Waals surface area contributed by atoms with Crippen LogP contribution in [0.15, 0.2) is 41.3 Å². The minimum absolute atomic E-state index is 0.0134.